The third-order valence-corrected chi connectivity index (χ3v) is 3.01. The van der Waals surface area contributed by atoms with Crippen molar-refractivity contribution < 1.29 is 9.53 Å². The molecule has 0 unspecified atom stereocenters. The molecule has 2 aliphatic rings. The minimum atomic E-state index is -0.118. The maximum atomic E-state index is 11.6. The van der Waals surface area contributed by atoms with Gasteiger partial charge in [0.15, 0.2) is 0 Å². The zero-order valence-electron chi connectivity index (χ0n) is 8.66. The molecule has 0 radical (unpaired) electrons. The van der Waals surface area contributed by atoms with Crippen LogP contribution in [0.15, 0.2) is 0 Å². The molecule has 1 N–H and O–H groups in total. The number of rotatable bonds is 3. The van der Waals surface area contributed by atoms with Crippen molar-refractivity contribution in [3.8, 4) is 0 Å². The van der Waals surface area contributed by atoms with Gasteiger partial charge in [-0.05, 0) is 12.8 Å². The number of hydrogen-bond acceptors (Lipinski definition) is 3. The number of likely N-dealkylation sites (tertiary alicyclic amines) is 1. The highest BCUT2D eigenvalue weighted by Gasteiger charge is 2.40. The van der Waals surface area contributed by atoms with Crippen molar-refractivity contribution in [2.24, 2.45) is 0 Å². The van der Waals surface area contributed by atoms with Gasteiger partial charge < -0.3 is 15.0 Å². The minimum Gasteiger partial charge on any atom is -0.449 e. The van der Waals surface area contributed by atoms with Crippen molar-refractivity contribution in [3.63, 3.8) is 0 Å². The fourth-order valence-electron chi connectivity index (χ4n) is 2.17. The van der Waals surface area contributed by atoms with Crippen molar-refractivity contribution in [3.05, 3.63) is 0 Å². The lowest BCUT2D eigenvalue weighted by atomic mass is 10.2. The molecule has 0 spiro atoms. The fourth-order valence-corrected chi connectivity index (χ4v) is 2.17. The average Bonchev–Trinajstić information content (AvgIpc) is 2.79. The fraction of sp³-hybridized carbons (Fsp3) is 0.900. The van der Waals surface area contributed by atoms with Gasteiger partial charge in [-0.2, -0.15) is 0 Å². The summed E-state index contributed by atoms with van der Waals surface area (Å²) in [6.45, 7) is 4.43. The van der Waals surface area contributed by atoms with Gasteiger partial charge in [0.05, 0.1) is 6.61 Å². The van der Waals surface area contributed by atoms with E-state index < -0.39 is 0 Å². The lowest BCUT2D eigenvalue weighted by molar-refractivity contribution is 0.0925. The first kappa shape index (κ1) is 9.77. The maximum Gasteiger partial charge on any atom is 0.410 e. The predicted molar refractivity (Wildman–Crippen MR) is 53.2 cm³/mol. The first-order chi connectivity index (χ1) is 6.81. The first-order valence-electron chi connectivity index (χ1n) is 5.48. The summed E-state index contributed by atoms with van der Waals surface area (Å²) in [7, 11) is 0. The Balaban J connectivity index is 1.75. The van der Waals surface area contributed by atoms with Gasteiger partial charge in [-0.3, -0.25) is 0 Å². The second kappa shape index (κ2) is 4.17. The second-order valence-corrected chi connectivity index (χ2v) is 4.11. The zero-order valence-corrected chi connectivity index (χ0v) is 8.66. The van der Waals surface area contributed by atoms with Crippen LogP contribution >= 0.6 is 0 Å². The number of unbranched alkanes of at least 4 members (excludes halogenated alkanes) is 1. The van der Waals surface area contributed by atoms with Crippen LogP contribution in [0.2, 0.25) is 0 Å². The van der Waals surface area contributed by atoms with E-state index in [2.05, 4.69) is 12.2 Å². The quantitative estimate of drug-likeness (QED) is 0.687. The standard InChI is InChI=1S/C10H18N2O2/c1-2-3-4-14-10(13)12-7-8-5-9(12)6-11-8/h8-9,11H,2-7H2,1H3/t8-,9-/m0/s1. The maximum absolute atomic E-state index is 11.6. The van der Waals surface area contributed by atoms with E-state index in [4.69, 9.17) is 4.74 Å². The van der Waals surface area contributed by atoms with Crippen molar-refractivity contribution in [1.82, 2.24) is 10.2 Å². The van der Waals surface area contributed by atoms with Crippen LogP contribution in [0, 0.1) is 0 Å². The van der Waals surface area contributed by atoms with Gasteiger partial charge in [-0.1, -0.05) is 13.3 Å². The topological polar surface area (TPSA) is 41.6 Å². The largest absolute Gasteiger partial charge is 0.449 e. The molecule has 0 aromatic rings. The minimum absolute atomic E-state index is 0.118. The summed E-state index contributed by atoms with van der Waals surface area (Å²) in [6, 6.07) is 0.896. The summed E-state index contributed by atoms with van der Waals surface area (Å²) in [5.74, 6) is 0. The summed E-state index contributed by atoms with van der Waals surface area (Å²) in [4.78, 5) is 13.5. The van der Waals surface area contributed by atoms with Crippen LogP contribution < -0.4 is 5.32 Å². The van der Waals surface area contributed by atoms with Gasteiger partial charge in [0.25, 0.3) is 0 Å². The normalized spacial score (nSPS) is 29.6. The number of fused-ring (bicyclic) bond motifs is 2. The Bertz CT molecular complexity index is 220. The molecule has 80 valence electrons. The molecular weight excluding hydrogens is 180 g/mol. The van der Waals surface area contributed by atoms with Gasteiger partial charge in [-0.25, -0.2) is 4.79 Å². The molecule has 0 aliphatic carbocycles. The van der Waals surface area contributed by atoms with Crippen molar-refractivity contribution >= 4 is 6.09 Å². The molecular formula is C10H18N2O2. The van der Waals surface area contributed by atoms with Crippen LogP contribution in [-0.2, 0) is 4.74 Å². The number of amides is 1. The lowest BCUT2D eigenvalue weighted by Crippen LogP contribution is -2.46. The SMILES string of the molecule is CCCCOC(=O)N1C[C@@H]2C[C@H]1CN2. The Morgan fingerprint density at radius 2 is 2.50 bits per heavy atom. The Labute approximate surface area is 84.6 Å². The van der Waals surface area contributed by atoms with Crippen LogP contribution in [0.1, 0.15) is 26.2 Å². The van der Waals surface area contributed by atoms with E-state index in [1.165, 1.54) is 0 Å². The van der Waals surface area contributed by atoms with Crippen molar-refractivity contribution in [1.29, 1.82) is 0 Å². The molecule has 14 heavy (non-hydrogen) atoms. The van der Waals surface area contributed by atoms with Crippen LogP contribution in [0.25, 0.3) is 0 Å². The van der Waals surface area contributed by atoms with Gasteiger partial charge in [0.1, 0.15) is 0 Å². The van der Waals surface area contributed by atoms with E-state index >= 15 is 0 Å². The number of carbonyl (C=O) groups is 1. The third-order valence-electron chi connectivity index (χ3n) is 3.01. The molecule has 4 heteroatoms. The summed E-state index contributed by atoms with van der Waals surface area (Å²) in [6.07, 6.45) is 3.02. The second-order valence-electron chi connectivity index (χ2n) is 4.11. The first-order valence-corrected chi connectivity index (χ1v) is 5.48. The molecule has 2 fully saturated rings. The number of nitrogens with one attached hydrogen (secondary N) is 1. The van der Waals surface area contributed by atoms with Gasteiger partial charge >= 0.3 is 6.09 Å². The third kappa shape index (κ3) is 1.85. The molecule has 2 aliphatic heterocycles. The van der Waals surface area contributed by atoms with Crippen LogP contribution in [0.4, 0.5) is 4.79 Å². The number of nitrogens with zero attached hydrogens (tertiary/aromatic N) is 1. The van der Waals surface area contributed by atoms with E-state index in [0.717, 1.165) is 32.4 Å². The Kier molecular flexibility index (Phi) is 2.91. The Morgan fingerprint density at radius 1 is 1.64 bits per heavy atom. The molecule has 0 aromatic heterocycles. The molecule has 2 atom stereocenters. The molecule has 2 saturated heterocycles. The number of carbonyl (C=O) groups excluding carboxylic acids is 1. The van der Waals surface area contributed by atoms with Gasteiger partial charge in [0, 0.05) is 25.2 Å². The molecule has 2 rings (SSSR count). The lowest BCUT2D eigenvalue weighted by Gasteiger charge is -2.26. The smallest absolute Gasteiger partial charge is 0.410 e. The summed E-state index contributed by atoms with van der Waals surface area (Å²) >= 11 is 0. The van der Waals surface area contributed by atoms with Crippen LogP contribution in [0.5, 0.6) is 0 Å². The number of hydrogen-bond donors (Lipinski definition) is 1. The van der Waals surface area contributed by atoms with E-state index in [1.807, 2.05) is 4.90 Å². The average molecular weight is 198 g/mol. The summed E-state index contributed by atoms with van der Waals surface area (Å²) in [5.41, 5.74) is 0. The monoisotopic (exact) mass is 198 g/mol. The number of piperazine rings is 1. The van der Waals surface area contributed by atoms with E-state index in [9.17, 15) is 4.79 Å². The van der Waals surface area contributed by atoms with Gasteiger partial charge in [-0.15, -0.1) is 0 Å². The van der Waals surface area contributed by atoms with Crippen molar-refractivity contribution in [2.45, 2.75) is 38.3 Å². The van der Waals surface area contributed by atoms with Crippen LogP contribution in [-0.4, -0.2) is 42.8 Å². The van der Waals surface area contributed by atoms with Gasteiger partial charge in [0.2, 0.25) is 0 Å². The van der Waals surface area contributed by atoms with E-state index in [0.29, 0.717) is 18.7 Å². The Hall–Kier alpha value is -0.770. The molecule has 0 aromatic carbocycles. The molecule has 2 bridgehead atoms. The van der Waals surface area contributed by atoms with E-state index in [-0.39, 0.29) is 6.09 Å². The number of ether oxygens (including phenoxy) is 1. The Morgan fingerprint density at radius 3 is 3.07 bits per heavy atom. The molecule has 1 amide bonds. The summed E-state index contributed by atoms with van der Waals surface area (Å²) < 4.78 is 5.18. The summed E-state index contributed by atoms with van der Waals surface area (Å²) in [5, 5.41) is 3.36. The van der Waals surface area contributed by atoms with Crippen molar-refractivity contribution in [2.75, 3.05) is 19.7 Å². The highest BCUT2D eigenvalue weighted by molar-refractivity contribution is 5.68. The highest BCUT2D eigenvalue weighted by Crippen LogP contribution is 2.23. The molecule has 2 heterocycles. The zero-order chi connectivity index (χ0) is 9.97. The molecule has 0 saturated carbocycles. The van der Waals surface area contributed by atoms with Crippen LogP contribution in [0.3, 0.4) is 0 Å². The predicted octanol–water partition coefficient (Wildman–Crippen LogP) is 0.969. The molecule has 4 nitrogen and oxygen atoms in total. The van der Waals surface area contributed by atoms with E-state index in [1.54, 1.807) is 0 Å². The highest BCUT2D eigenvalue weighted by atomic mass is 16.6.